The molecule has 0 aliphatic carbocycles. The number of nitrogens with zero attached hydrogens (tertiary/aromatic N) is 3. The van der Waals surface area contributed by atoms with E-state index in [9.17, 15) is 27.2 Å². The first-order chi connectivity index (χ1) is 14.5. The Hall–Kier alpha value is -3.54. The summed E-state index contributed by atoms with van der Waals surface area (Å²) in [5, 5.41) is 8.81. The molecule has 0 unspecified atom stereocenters. The zero-order valence-electron chi connectivity index (χ0n) is 17.0. The molecule has 162 valence electrons. The summed E-state index contributed by atoms with van der Waals surface area (Å²) in [6.07, 6.45) is 0.163. The Morgan fingerprint density at radius 2 is 1.97 bits per heavy atom. The van der Waals surface area contributed by atoms with Gasteiger partial charge in [0, 0.05) is 17.3 Å². The van der Waals surface area contributed by atoms with Crippen molar-refractivity contribution in [2.75, 3.05) is 6.54 Å². The summed E-state index contributed by atoms with van der Waals surface area (Å²) < 4.78 is 52.8. The molecular formula is C22H19F4N3O2. The molecule has 5 nitrogen and oxygen atoms in total. The van der Waals surface area contributed by atoms with Gasteiger partial charge in [0.15, 0.2) is 0 Å². The third kappa shape index (κ3) is 5.54. The highest BCUT2D eigenvalue weighted by molar-refractivity contribution is 6.33. The van der Waals surface area contributed by atoms with E-state index in [1.54, 1.807) is 19.1 Å². The van der Waals surface area contributed by atoms with Crippen LogP contribution in [0.4, 0.5) is 17.6 Å². The molecule has 0 N–H and O–H groups in total. The minimum absolute atomic E-state index is 0.0593. The largest absolute Gasteiger partial charge is 0.412 e. The molecule has 1 aromatic carbocycles. The zero-order valence-corrected chi connectivity index (χ0v) is 17.0. The van der Waals surface area contributed by atoms with E-state index in [2.05, 4.69) is 4.99 Å². The molecule has 0 atom stereocenters. The van der Waals surface area contributed by atoms with Crippen LogP contribution in [-0.4, -0.2) is 35.1 Å². The van der Waals surface area contributed by atoms with Crippen LogP contribution in [0.5, 0.6) is 0 Å². The van der Waals surface area contributed by atoms with Crippen LogP contribution in [0.25, 0.3) is 5.57 Å². The van der Waals surface area contributed by atoms with E-state index in [0.29, 0.717) is 6.42 Å². The van der Waals surface area contributed by atoms with Gasteiger partial charge in [-0.05, 0) is 44.0 Å². The lowest BCUT2D eigenvalue weighted by atomic mass is 10.0. The summed E-state index contributed by atoms with van der Waals surface area (Å²) in [4.78, 5) is 29.8. The van der Waals surface area contributed by atoms with Crippen molar-refractivity contribution in [3.8, 4) is 6.07 Å². The van der Waals surface area contributed by atoms with Crippen LogP contribution in [0.15, 0.2) is 52.7 Å². The van der Waals surface area contributed by atoms with E-state index in [-0.39, 0.29) is 29.0 Å². The molecular weight excluding hydrogens is 414 g/mol. The summed E-state index contributed by atoms with van der Waals surface area (Å²) in [6, 6.07) is 5.32. The van der Waals surface area contributed by atoms with E-state index < -0.39 is 35.0 Å². The summed E-state index contributed by atoms with van der Waals surface area (Å²) in [5.74, 6) is -2.35. The Morgan fingerprint density at radius 1 is 1.29 bits per heavy atom. The summed E-state index contributed by atoms with van der Waals surface area (Å²) in [5.41, 5.74) is -1.27. The van der Waals surface area contributed by atoms with Crippen LogP contribution in [0, 0.1) is 17.1 Å². The lowest BCUT2D eigenvalue weighted by molar-refractivity contribution is -0.125. The molecule has 1 aromatic rings. The molecule has 0 fully saturated rings. The van der Waals surface area contributed by atoms with Crippen LogP contribution in [0.1, 0.15) is 38.3 Å². The van der Waals surface area contributed by atoms with E-state index in [1.807, 2.05) is 0 Å². The standard InChI is InChI=1S/C22H19F4N3O2/c1-4-5-8-29(21(31)13(2)14(3)22(24,25)26)12-17-10-18(20(30)28-17)15-6-7-16(11-27)19(23)9-15/h5-10H,4,12H2,1-3H3/b8-5+,14-13+. The molecule has 0 aromatic heterocycles. The van der Waals surface area contributed by atoms with Crippen LogP contribution < -0.4 is 0 Å². The van der Waals surface area contributed by atoms with Gasteiger partial charge in [-0.15, -0.1) is 0 Å². The monoisotopic (exact) mass is 433 g/mol. The summed E-state index contributed by atoms with van der Waals surface area (Å²) >= 11 is 0. The maximum atomic E-state index is 13.9. The number of alkyl halides is 3. The van der Waals surface area contributed by atoms with Crippen LogP contribution in [0.2, 0.25) is 0 Å². The van der Waals surface area contributed by atoms with E-state index >= 15 is 0 Å². The molecule has 0 radical (unpaired) electrons. The van der Waals surface area contributed by atoms with Crippen molar-refractivity contribution in [2.24, 2.45) is 4.99 Å². The highest BCUT2D eigenvalue weighted by Gasteiger charge is 2.34. The Bertz CT molecular complexity index is 1070. The molecule has 1 aliphatic rings. The number of nitriles is 1. The Balaban J connectivity index is 2.34. The van der Waals surface area contributed by atoms with Gasteiger partial charge in [0.2, 0.25) is 0 Å². The number of carbonyl (C=O) groups is 2. The molecule has 0 bridgehead atoms. The highest BCUT2D eigenvalue weighted by Crippen LogP contribution is 2.29. The van der Waals surface area contributed by atoms with Gasteiger partial charge in [-0.1, -0.05) is 19.1 Å². The minimum Gasteiger partial charge on any atom is -0.310 e. The molecule has 0 saturated heterocycles. The number of hydrogen-bond acceptors (Lipinski definition) is 3. The van der Waals surface area contributed by atoms with Gasteiger partial charge < -0.3 is 4.90 Å². The zero-order chi connectivity index (χ0) is 23.3. The molecule has 31 heavy (non-hydrogen) atoms. The van der Waals surface area contributed by atoms with Crippen molar-refractivity contribution < 1.29 is 27.2 Å². The third-order valence-corrected chi connectivity index (χ3v) is 4.61. The number of aliphatic imine (C=N–C) groups is 1. The second-order valence-corrected chi connectivity index (χ2v) is 6.75. The number of allylic oxidation sites excluding steroid dienone is 2. The van der Waals surface area contributed by atoms with Gasteiger partial charge in [0.05, 0.1) is 23.4 Å². The van der Waals surface area contributed by atoms with Crippen molar-refractivity contribution in [2.45, 2.75) is 33.4 Å². The van der Waals surface area contributed by atoms with Gasteiger partial charge in [-0.2, -0.15) is 18.4 Å². The second-order valence-electron chi connectivity index (χ2n) is 6.75. The molecule has 1 aliphatic heterocycles. The number of rotatable bonds is 6. The van der Waals surface area contributed by atoms with Crippen molar-refractivity contribution >= 4 is 23.1 Å². The average Bonchev–Trinajstić information content (AvgIpc) is 3.08. The van der Waals surface area contributed by atoms with E-state index in [0.717, 1.165) is 24.8 Å². The first kappa shape index (κ1) is 23.7. The normalized spacial score (nSPS) is 14.8. The van der Waals surface area contributed by atoms with Crippen molar-refractivity contribution in [3.05, 3.63) is 64.6 Å². The van der Waals surface area contributed by atoms with Crippen molar-refractivity contribution in [1.29, 1.82) is 5.26 Å². The van der Waals surface area contributed by atoms with Crippen LogP contribution in [0.3, 0.4) is 0 Å². The fraction of sp³-hybridized carbons (Fsp3) is 0.273. The molecule has 2 amide bonds. The maximum Gasteiger partial charge on any atom is 0.412 e. The van der Waals surface area contributed by atoms with Gasteiger partial charge in [-0.3, -0.25) is 9.59 Å². The van der Waals surface area contributed by atoms with Gasteiger partial charge in [0.25, 0.3) is 11.8 Å². The fourth-order valence-corrected chi connectivity index (χ4v) is 2.70. The van der Waals surface area contributed by atoms with Crippen molar-refractivity contribution in [3.63, 3.8) is 0 Å². The summed E-state index contributed by atoms with van der Waals surface area (Å²) in [6.45, 7) is 3.45. The van der Waals surface area contributed by atoms with Gasteiger partial charge in [0.1, 0.15) is 11.9 Å². The lowest BCUT2D eigenvalue weighted by Crippen LogP contribution is -2.32. The molecule has 0 saturated carbocycles. The quantitative estimate of drug-likeness (QED) is 0.482. The smallest absolute Gasteiger partial charge is 0.310 e. The first-order valence-electron chi connectivity index (χ1n) is 9.25. The maximum absolute atomic E-state index is 13.9. The Morgan fingerprint density at radius 3 is 2.52 bits per heavy atom. The minimum atomic E-state index is -4.65. The predicted molar refractivity (Wildman–Crippen MR) is 107 cm³/mol. The number of benzene rings is 1. The second kappa shape index (κ2) is 9.51. The number of halogens is 4. The Labute approximate surface area is 176 Å². The van der Waals surface area contributed by atoms with E-state index in [4.69, 9.17) is 5.26 Å². The van der Waals surface area contributed by atoms with Crippen molar-refractivity contribution in [1.82, 2.24) is 4.90 Å². The highest BCUT2D eigenvalue weighted by atomic mass is 19.4. The van der Waals surface area contributed by atoms with Gasteiger partial charge >= 0.3 is 6.18 Å². The first-order valence-corrected chi connectivity index (χ1v) is 9.25. The lowest BCUT2D eigenvalue weighted by Gasteiger charge is -2.20. The SMILES string of the molecule is CC/C=C/N(CC1=NC(=O)C(c2ccc(C#N)c(F)c2)=C1)C(=O)/C(C)=C(\C)C(F)(F)F. The molecule has 0 spiro atoms. The fourth-order valence-electron chi connectivity index (χ4n) is 2.70. The predicted octanol–water partition coefficient (Wildman–Crippen LogP) is 4.71. The van der Waals surface area contributed by atoms with E-state index in [1.165, 1.54) is 24.4 Å². The van der Waals surface area contributed by atoms with Crippen LogP contribution in [-0.2, 0) is 9.59 Å². The molecule has 2 rings (SSSR count). The topological polar surface area (TPSA) is 73.5 Å². The van der Waals surface area contributed by atoms with Crippen LogP contribution >= 0.6 is 0 Å². The number of amides is 2. The summed E-state index contributed by atoms with van der Waals surface area (Å²) in [7, 11) is 0. The molecule has 9 heteroatoms. The molecule has 1 heterocycles. The average molecular weight is 433 g/mol. The van der Waals surface area contributed by atoms with Gasteiger partial charge in [-0.25, -0.2) is 9.38 Å². The Kier molecular flexibility index (Phi) is 7.28. The third-order valence-electron chi connectivity index (χ3n) is 4.61. The number of hydrogen-bond donors (Lipinski definition) is 0. The number of carbonyl (C=O) groups excluding carboxylic acids is 2.